The molecule has 1 atom stereocenters. The van der Waals surface area contributed by atoms with Gasteiger partial charge in [0, 0.05) is 18.7 Å². The van der Waals surface area contributed by atoms with Crippen molar-refractivity contribution in [3.8, 4) is 0 Å². The number of amides is 1. The fourth-order valence-electron chi connectivity index (χ4n) is 3.01. The second-order valence-corrected chi connectivity index (χ2v) is 8.06. The van der Waals surface area contributed by atoms with Gasteiger partial charge in [-0.3, -0.25) is 9.69 Å². The lowest BCUT2D eigenvalue weighted by Crippen LogP contribution is -2.54. The summed E-state index contributed by atoms with van der Waals surface area (Å²) < 4.78 is -1.58. The van der Waals surface area contributed by atoms with Crippen LogP contribution in [0.4, 0.5) is 0 Å². The zero-order valence-electron chi connectivity index (χ0n) is 12.4. The molecule has 3 rings (SSSR count). The molecule has 1 fully saturated rings. The third-order valence-corrected chi connectivity index (χ3v) is 4.74. The van der Waals surface area contributed by atoms with Crippen molar-refractivity contribution in [2.45, 2.75) is 22.8 Å². The number of likely N-dealkylation sites (tertiary alicyclic amines) is 1. The quantitative estimate of drug-likeness (QED) is 0.813. The van der Waals surface area contributed by atoms with Gasteiger partial charge in [-0.15, -0.1) is 0 Å². The highest BCUT2D eigenvalue weighted by atomic mass is 35.6. The number of nitrogens with one attached hydrogen (secondary N) is 1. The third-order valence-electron chi connectivity index (χ3n) is 4.12. The van der Waals surface area contributed by atoms with E-state index in [1.54, 1.807) is 6.07 Å². The van der Waals surface area contributed by atoms with Crippen molar-refractivity contribution in [3.05, 3.63) is 48.0 Å². The molecule has 1 N–H and O–H groups in total. The molecule has 1 amide bonds. The number of fused-ring (bicyclic) bond motifs is 1. The molecule has 0 unspecified atom stereocenters. The number of nitrogens with zero attached hydrogens (tertiary/aromatic N) is 1. The van der Waals surface area contributed by atoms with Crippen molar-refractivity contribution < 1.29 is 4.79 Å². The Labute approximate surface area is 150 Å². The number of benzene rings is 2. The molecule has 1 heterocycles. The SMILES string of the molecule is O=C(N[C@@H](N1CCCC1)C(Cl)(Cl)Cl)c1cccc2ccccc12. The number of carbonyl (C=O) groups is 1. The second-order valence-electron chi connectivity index (χ2n) is 5.69. The molecule has 2 aromatic rings. The third kappa shape index (κ3) is 3.74. The van der Waals surface area contributed by atoms with Gasteiger partial charge in [0.15, 0.2) is 0 Å². The Morgan fingerprint density at radius 2 is 1.70 bits per heavy atom. The molecule has 23 heavy (non-hydrogen) atoms. The summed E-state index contributed by atoms with van der Waals surface area (Å²) in [5, 5.41) is 4.79. The Morgan fingerprint density at radius 3 is 2.39 bits per heavy atom. The van der Waals surface area contributed by atoms with E-state index in [0.29, 0.717) is 5.56 Å². The predicted octanol–water partition coefficient (Wildman–Crippen LogP) is 4.36. The van der Waals surface area contributed by atoms with E-state index in [9.17, 15) is 4.79 Å². The summed E-state index contributed by atoms with van der Waals surface area (Å²) in [6.45, 7) is 1.63. The molecule has 0 bridgehead atoms. The van der Waals surface area contributed by atoms with E-state index >= 15 is 0 Å². The number of halogens is 3. The summed E-state index contributed by atoms with van der Waals surface area (Å²) in [5.41, 5.74) is 0.585. The molecule has 122 valence electrons. The second kappa shape index (κ2) is 6.86. The summed E-state index contributed by atoms with van der Waals surface area (Å²) in [7, 11) is 0. The van der Waals surface area contributed by atoms with Crippen molar-refractivity contribution in [2.24, 2.45) is 0 Å². The molecule has 0 radical (unpaired) electrons. The number of hydrogen-bond donors (Lipinski definition) is 1. The van der Waals surface area contributed by atoms with Crippen LogP contribution in [0, 0.1) is 0 Å². The Balaban J connectivity index is 1.89. The zero-order chi connectivity index (χ0) is 16.4. The molecule has 0 aromatic heterocycles. The van der Waals surface area contributed by atoms with Gasteiger partial charge in [-0.05, 0) is 29.7 Å². The number of alkyl halides is 3. The van der Waals surface area contributed by atoms with Crippen LogP contribution < -0.4 is 5.32 Å². The summed E-state index contributed by atoms with van der Waals surface area (Å²) in [6, 6.07) is 13.4. The summed E-state index contributed by atoms with van der Waals surface area (Å²) in [5.74, 6) is -0.231. The predicted molar refractivity (Wildman–Crippen MR) is 96.3 cm³/mol. The standard InChI is InChI=1S/C17H17Cl3N2O/c18-17(19,20)16(22-10-3-4-11-22)21-15(23)14-9-5-7-12-6-1-2-8-13(12)14/h1-2,5-9,16H,3-4,10-11H2,(H,21,23)/t16-/m0/s1. The van der Waals surface area contributed by atoms with E-state index in [2.05, 4.69) is 5.32 Å². The van der Waals surface area contributed by atoms with E-state index in [-0.39, 0.29) is 5.91 Å². The molecule has 2 aromatic carbocycles. The van der Waals surface area contributed by atoms with E-state index in [0.717, 1.165) is 36.7 Å². The van der Waals surface area contributed by atoms with E-state index in [4.69, 9.17) is 34.8 Å². The van der Waals surface area contributed by atoms with Crippen LogP contribution in [0.25, 0.3) is 10.8 Å². The Bertz CT molecular complexity index is 703. The van der Waals surface area contributed by atoms with E-state index in [1.165, 1.54) is 0 Å². The van der Waals surface area contributed by atoms with Gasteiger partial charge in [0.25, 0.3) is 5.91 Å². The first-order valence-corrected chi connectivity index (χ1v) is 8.69. The zero-order valence-corrected chi connectivity index (χ0v) is 14.7. The Morgan fingerprint density at radius 1 is 1.04 bits per heavy atom. The summed E-state index contributed by atoms with van der Waals surface area (Å²) in [4.78, 5) is 14.8. The van der Waals surface area contributed by atoms with Gasteiger partial charge >= 0.3 is 0 Å². The maximum Gasteiger partial charge on any atom is 0.253 e. The van der Waals surface area contributed by atoms with Crippen LogP contribution in [-0.4, -0.2) is 33.9 Å². The molecule has 1 saturated heterocycles. The minimum absolute atomic E-state index is 0.231. The topological polar surface area (TPSA) is 32.3 Å². The first kappa shape index (κ1) is 16.8. The van der Waals surface area contributed by atoms with Crippen molar-refractivity contribution in [1.29, 1.82) is 0 Å². The van der Waals surface area contributed by atoms with Gasteiger partial charge < -0.3 is 5.32 Å². The average molecular weight is 372 g/mol. The minimum atomic E-state index is -1.58. The van der Waals surface area contributed by atoms with E-state index in [1.807, 2.05) is 41.3 Å². The molecule has 6 heteroatoms. The molecular weight excluding hydrogens is 355 g/mol. The first-order valence-electron chi connectivity index (χ1n) is 7.56. The largest absolute Gasteiger partial charge is 0.332 e. The van der Waals surface area contributed by atoms with E-state index < -0.39 is 9.96 Å². The lowest BCUT2D eigenvalue weighted by molar-refractivity contribution is 0.0876. The van der Waals surface area contributed by atoms with Crippen LogP contribution in [0.2, 0.25) is 0 Å². The van der Waals surface area contributed by atoms with Gasteiger partial charge in [0.05, 0.1) is 0 Å². The van der Waals surface area contributed by atoms with Crippen LogP contribution in [-0.2, 0) is 0 Å². The maximum absolute atomic E-state index is 12.8. The molecular formula is C17H17Cl3N2O. The fourth-order valence-corrected chi connectivity index (χ4v) is 3.58. The maximum atomic E-state index is 12.8. The molecule has 1 aliphatic rings. The lowest BCUT2D eigenvalue weighted by atomic mass is 10.0. The fraction of sp³-hybridized carbons (Fsp3) is 0.353. The Kier molecular flexibility index (Phi) is 5.02. The van der Waals surface area contributed by atoms with Crippen LogP contribution in [0.1, 0.15) is 23.2 Å². The van der Waals surface area contributed by atoms with Gasteiger partial charge in [-0.1, -0.05) is 71.2 Å². The smallest absolute Gasteiger partial charge is 0.253 e. The lowest BCUT2D eigenvalue weighted by Gasteiger charge is -2.33. The summed E-state index contributed by atoms with van der Waals surface area (Å²) in [6.07, 6.45) is 1.45. The van der Waals surface area contributed by atoms with Gasteiger partial charge in [-0.2, -0.15) is 0 Å². The van der Waals surface area contributed by atoms with Crippen LogP contribution >= 0.6 is 34.8 Å². The average Bonchev–Trinajstić information content (AvgIpc) is 3.04. The molecule has 0 saturated carbocycles. The number of rotatable bonds is 3. The van der Waals surface area contributed by atoms with Gasteiger partial charge in [0.2, 0.25) is 3.79 Å². The highest BCUT2D eigenvalue weighted by Gasteiger charge is 2.39. The normalized spacial score (nSPS) is 17.3. The van der Waals surface area contributed by atoms with Gasteiger partial charge in [0.1, 0.15) is 6.17 Å². The summed E-state index contributed by atoms with van der Waals surface area (Å²) >= 11 is 18.3. The molecule has 0 aliphatic carbocycles. The van der Waals surface area contributed by atoms with Crippen molar-refractivity contribution >= 4 is 51.5 Å². The molecule has 1 aliphatic heterocycles. The van der Waals surface area contributed by atoms with Gasteiger partial charge in [-0.25, -0.2) is 0 Å². The number of carbonyl (C=O) groups excluding carboxylic acids is 1. The van der Waals surface area contributed by atoms with Crippen molar-refractivity contribution in [3.63, 3.8) is 0 Å². The highest BCUT2D eigenvalue weighted by Crippen LogP contribution is 2.34. The van der Waals surface area contributed by atoms with Crippen LogP contribution in [0.15, 0.2) is 42.5 Å². The Hall–Kier alpha value is -1.00. The molecule has 0 spiro atoms. The number of hydrogen-bond acceptors (Lipinski definition) is 2. The van der Waals surface area contributed by atoms with Crippen molar-refractivity contribution in [2.75, 3.05) is 13.1 Å². The minimum Gasteiger partial charge on any atom is -0.332 e. The molecule has 3 nitrogen and oxygen atoms in total. The van der Waals surface area contributed by atoms with Crippen molar-refractivity contribution in [1.82, 2.24) is 10.2 Å². The highest BCUT2D eigenvalue weighted by molar-refractivity contribution is 6.68. The van der Waals surface area contributed by atoms with Crippen LogP contribution in [0.5, 0.6) is 0 Å². The monoisotopic (exact) mass is 370 g/mol. The van der Waals surface area contributed by atoms with Crippen LogP contribution in [0.3, 0.4) is 0 Å². The first-order chi connectivity index (χ1) is 11.0.